The van der Waals surface area contributed by atoms with Crippen LogP contribution >= 0.6 is 0 Å². The fourth-order valence-electron chi connectivity index (χ4n) is 1.11. The Labute approximate surface area is 91.8 Å². The van der Waals surface area contributed by atoms with E-state index in [0.717, 1.165) is 6.92 Å². The lowest BCUT2D eigenvalue weighted by Gasteiger charge is -2.35. The van der Waals surface area contributed by atoms with Crippen LogP contribution in [0.1, 0.15) is 6.92 Å². The molecule has 0 rings (SSSR count). The number of carbonyl (C=O) groups excluding carboxylic acids is 1. The highest BCUT2D eigenvalue weighted by atomic mass is 16.4. The second-order valence-corrected chi connectivity index (χ2v) is 3.45. The number of nitrogens with one attached hydrogen (secondary N) is 1. The van der Waals surface area contributed by atoms with Crippen molar-refractivity contribution in [2.45, 2.75) is 31.0 Å². The molecule has 0 aromatic carbocycles. The Hall–Kier alpha value is -0.770. The van der Waals surface area contributed by atoms with E-state index in [1.54, 1.807) is 0 Å². The third-order valence-corrected chi connectivity index (χ3v) is 2.03. The number of carbonyl (C=O) groups is 1. The summed E-state index contributed by atoms with van der Waals surface area (Å²) < 4.78 is 0. The maximum absolute atomic E-state index is 10.7. The van der Waals surface area contributed by atoms with E-state index in [4.69, 9.17) is 15.3 Å². The largest absolute Gasteiger partial charge is 0.394 e. The Morgan fingerprint density at radius 1 is 1.31 bits per heavy atom. The first-order chi connectivity index (χ1) is 7.28. The molecule has 0 saturated carbocycles. The fourth-order valence-corrected chi connectivity index (χ4v) is 1.11. The summed E-state index contributed by atoms with van der Waals surface area (Å²) in [7, 11) is 0. The summed E-state index contributed by atoms with van der Waals surface area (Å²) in [6.07, 6.45) is -5.68. The maximum Gasteiger partial charge on any atom is 0.219 e. The molecular formula is C8H17NO7. The summed E-state index contributed by atoms with van der Waals surface area (Å²) in [6.45, 7) is -0.884. The molecule has 0 fully saturated rings. The molecule has 16 heavy (non-hydrogen) atoms. The van der Waals surface area contributed by atoms with E-state index in [-0.39, 0.29) is 0 Å². The van der Waals surface area contributed by atoms with Crippen LogP contribution in [0.2, 0.25) is 0 Å². The fraction of sp³-hybridized carbons (Fsp3) is 0.875. The van der Waals surface area contributed by atoms with Crippen LogP contribution < -0.4 is 5.32 Å². The van der Waals surface area contributed by atoms with Crippen LogP contribution in [-0.2, 0) is 4.79 Å². The first kappa shape index (κ1) is 15.2. The van der Waals surface area contributed by atoms with Gasteiger partial charge in [-0.15, -0.1) is 0 Å². The van der Waals surface area contributed by atoms with Gasteiger partial charge in [0.15, 0.2) is 5.72 Å². The van der Waals surface area contributed by atoms with Crippen molar-refractivity contribution in [3.63, 3.8) is 0 Å². The lowest BCUT2D eigenvalue weighted by Crippen LogP contribution is -2.64. The van der Waals surface area contributed by atoms with Crippen LogP contribution in [-0.4, -0.2) is 73.8 Å². The SMILES string of the molecule is CC(=O)N[C@@](O)(CO)[C@@H](O)[C@H](O)[C@H](O)CO. The van der Waals surface area contributed by atoms with Crippen LogP contribution in [0.4, 0.5) is 0 Å². The van der Waals surface area contributed by atoms with E-state index in [1.165, 1.54) is 0 Å². The van der Waals surface area contributed by atoms with Crippen molar-refractivity contribution in [1.29, 1.82) is 0 Å². The van der Waals surface area contributed by atoms with Crippen molar-refractivity contribution in [2.75, 3.05) is 13.2 Å². The van der Waals surface area contributed by atoms with E-state index in [2.05, 4.69) is 0 Å². The van der Waals surface area contributed by atoms with Crippen molar-refractivity contribution < 1.29 is 35.4 Å². The Morgan fingerprint density at radius 2 is 1.81 bits per heavy atom. The normalized spacial score (nSPS) is 20.7. The van der Waals surface area contributed by atoms with Gasteiger partial charge in [0.25, 0.3) is 0 Å². The number of aliphatic hydroxyl groups is 6. The minimum absolute atomic E-state index is 0.749. The zero-order valence-corrected chi connectivity index (χ0v) is 8.74. The van der Waals surface area contributed by atoms with Gasteiger partial charge in [0.2, 0.25) is 5.91 Å². The Bertz CT molecular complexity index is 236. The van der Waals surface area contributed by atoms with Gasteiger partial charge in [0, 0.05) is 6.92 Å². The highest BCUT2D eigenvalue weighted by Gasteiger charge is 2.42. The molecule has 0 radical (unpaired) electrons. The molecule has 4 atom stereocenters. The van der Waals surface area contributed by atoms with Crippen LogP contribution in [0.3, 0.4) is 0 Å². The molecule has 0 aromatic heterocycles. The zero-order chi connectivity index (χ0) is 12.9. The van der Waals surface area contributed by atoms with Crippen molar-refractivity contribution in [1.82, 2.24) is 5.32 Å². The van der Waals surface area contributed by atoms with Crippen LogP contribution in [0.5, 0.6) is 0 Å². The van der Waals surface area contributed by atoms with Crippen molar-refractivity contribution in [2.24, 2.45) is 0 Å². The van der Waals surface area contributed by atoms with Gasteiger partial charge in [-0.1, -0.05) is 0 Å². The van der Waals surface area contributed by atoms with E-state index in [0.29, 0.717) is 0 Å². The van der Waals surface area contributed by atoms with Gasteiger partial charge < -0.3 is 36.0 Å². The predicted octanol–water partition coefficient (Wildman–Crippen LogP) is -4.12. The Kier molecular flexibility index (Phi) is 5.79. The Morgan fingerprint density at radius 3 is 2.12 bits per heavy atom. The molecule has 0 bridgehead atoms. The van der Waals surface area contributed by atoms with Gasteiger partial charge >= 0.3 is 0 Å². The second-order valence-electron chi connectivity index (χ2n) is 3.45. The number of aliphatic hydroxyl groups excluding tert-OH is 5. The standard InChI is InChI=1S/C8H17NO7/c1-4(12)9-8(16,3-11)7(15)6(14)5(13)2-10/h5-7,10-11,13-16H,2-3H2,1H3,(H,9,12)/t5-,6-,7+,8-/m1/s1. The molecule has 0 aliphatic carbocycles. The topological polar surface area (TPSA) is 150 Å². The third-order valence-electron chi connectivity index (χ3n) is 2.03. The molecule has 1 amide bonds. The summed E-state index contributed by atoms with van der Waals surface area (Å²) in [5, 5.41) is 56.5. The molecule has 7 N–H and O–H groups in total. The average Bonchev–Trinajstić information content (AvgIpc) is 2.24. The number of hydrogen-bond donors (Lipinski definition) is 7. The van der Waals surface area contributed by atoms with Gasteiger partial charge in [-0.05, 0) is 0 Å². The first-order valence-corrected chi connectivity index (χ1v) is 4.55. The van der Waals surface area contributed by atoms with Gasteiger partial charge in [-0.25, -0.2) is 0 Å². The number of hydrogen-bond acceptors (Lipinski definition) is 7. The highest BCUT2D eigenvalue weighted by Crippen LogP contribution is 2.13. The van der Waals surface area contributed by atoms with E-state index in [1.807, 2.05) is 5.32 Å². The van der Waals surface area contributed by atoms with Gasteiger partial charge in [-0.2, -0.15) is 0 Å². The molecule has 0 spiro atoms. The quantitative estimate of drug-likeness (QED) is 0.233. The second kappa shape index (κ2) is 6.09. The molecule has 0 aromatic rings. The summed E-state index contributed by atoms with van der Waals surface area (Å²) in [6, 6.07) is 0. The molecule has 96 valence electrons. The van der Waals surface area contributed by atoms with Crippen molar-refractivity contribution in [3.05, 3.63) is 0 Å². The first-order valence-electron chi connectivity index (χ1n) is 4.55. The monoisotopic (exact) mass is 239 g/mol. The Balaban J connectivity index is 4.74. The minimum Gasteiger partial charge on any atom is -0.394 e. The lowest BCUT2D eigenvalue weighted by molar-refractivity contribution is -0.188. The molecule has 0 aliphatic rings. The average molecular weight is 239 g/mol. The zero-order valence-electron chi connectivity index (χ0n) is 8.74. The van der Waals surface area contributed by atoms with Crippen molar-refractivity contribution >= 4 is 5.91 Å². The molecule has 8 nitrogen and oxygen atoms in total. The smallest absolute Gasteiger partial charge is 0.219 e. The van der Waals surface area contributed by atoms with Gasteiger partial charge in [0.1, 0.15) is 18.3 Å². The predicted molar refractivity (Wildman–Crippen MR) is 51.0 cm³/mol. The van der Waals surface area contributed by atoms with Crippen LogP contribution in [0, 0.1) is 0 Å². The summed E-state index contributed by atoms with van der Waals surface area (Å²) in [5.41, 5.74) is -2.48. The summed E-state index contributed by atoms with van der Waals surface area (Å²) >= 11 is 0. The highest BCUT2D eigenvalue weighted by molar-refractivity contribution is 5.73. The van der Waals surface area contributed by atoms with Crippen LogP contribution in [0.15, 0.2) is 0 Å². The van der Waals surface area contributed by atoms with Crippen molar-refractivity contribution in [3.8, 4) is 0 Å². The van der Waals surface area contributed by atoms with E-state index < -0.39 is 43.2 Å². The molecule has 8 heteroatoms. The summed E-state index contributed by atoms with van der Waals surface area (Å²) in [5.74, 6) is -0.749. The molecule has 0 unspecified atom stereocenters. The lowest BCUT2D eigenvalue weighted by atomic mass is 9.98. The maximum atomic E-state index is 10.7. The molecule has 0 saturated heterocycles. The molecule has 0 heterocycles. The molecule has 0 aliphatic heterocycles. The van der Waals surface area contributed by atoms with Crippen LogP contribution in [0.25, 0.3) is 0 Å². The van der Waals surface area contributed by atoms with Gasteiger partial charge in [-0.3, -0.25) is 4.79 Å². The van der Waals surface area contributed by atoms with E-state index >= 15 is 0 Å². The summed E-state index contributed by atoms with van der Waals surface area (Å²) in [4.78, 5) is 10.7. The van der Waals surface area contributed by atoms with E-state index in [9.17, 15) is 20.1 Å². The number of amides is 1. The minimum atomic E-state index is -2.48. The number of rotatable bonds is 6. The molecular weight excluding hydrogens is 222 g/mol. The third kappa shape index (κ3) is 3.67. The van der Waals surface area contributed by atoms with Gasteiger partial charge in [0.05, 0.1) is 13.2 Å².